The van der Waals surface area contributed by atoms with Crippen LogP contribution in [0.1, 0.15) is 15.9 Å². The molecule has 0 spiro atoms. The third-order valence-corrected chi connectivity index (χ3v) is 4.79. The Morgan fingerprint density at radius 1 is 1.07 bits per heavy atom. The van der Waals surface area contributed by atoms with Crippen molar-refractivity contribution >= 4 is 28.4 Å². The van der Waals surface area contributed by atoms with E-state index in [0.29, 0.717) is 25.2 Å². The van der Waals surface area contributed by atoms with Crippen molar-refractivity contribution in [1.82, 2.24) is 15.6 Å². The Labute approximate surface area is 161 Å². The molecule has 3 N–H and O–H groups in total. The predicted octanol–water partition coefficient (Wildman–Crippen LogP) is 1.39. The second-order valence-electron chi connectivity index (χ2n) is 6.72. The Bertz CT molecular complexity index is 1090. The molecule has 0 saturated carbocycles. The van der Waals surface area contributed by atoms with Crippen molar-refractivity contribution in [3.8, 4) is 0 Å². The molecule has 7 heteroatoms. The Balaban J connectivity index is 1.43. The van der Waals surface area contributed by atoms with E-state index in [0.717, 1.165) is 23.2 Å². The summed E-state index contributed by atoms with van der Waals surface area (Å²) in [5.74, 6) is -0.396. The number of para-hydroxylation sites is 1. The van der Waals surface area contributed by atoms with Crippen LogP contribution in [0, 0.1) is 0 Å². The molecule has 1 aliphatic rings. The van der Waals surface area contributed by atoms with Gasteiger partial charge in [0.15, 0.2) is 0 Å². The maximum atomic E-state index is 12.4. The van der Waals surface area contributed by atoms with Gasteiger partial charge >= 0.3 is 0 Å². The number of carbonyl (C=O) groups excluding carboxylic acids is 2. The molecular formula is C21H20N4O3. The van der Waals surface area contributed by atoms with E-state index in [1.165, 1.54) is 0 Å². The summed E-state index contributed by atoms with van der Waals surface area (Å²) in [4.78, 5) is 40.9. The second-order valence-corrected chi connectivity index (χ2v) is 6.72. The van der Waals surface area contributed by atoms with Crippen LogP contribution in [0.3, 0.4) is 0 Å². The quantitative estimate of drug-likeness (QED) is 0.641. The average molecular weight is 376 g/mol. The number of H-pyrrole nitrogens is 1. The molecule has 1 aliphatic heterocycles. The van der Waals surface area contributed by atoms with Crippen LogP contribution in [-0.4, -0.2) is 36.4 Å². The first-order valence-electron chi connectivity index (χ1n) is 9.11. The molecule has 3 aromatic rings. The number of benzene rings is 2. The lowest BCUT2D eigenvalue weighted by Crippen LogP contribution is -2.47. The number of anilines is 1. The highest BCUT2D eigenvalue weighted by Gasteiger charge is 2.16. The van der Waals surface area contributed by atoms with Crippen molar-refractivity contribution in [2.45, 2.75) is 6.54 Å². The topological polar surface area (TPSA) is 94.3 Å². The molecule has 28 heavy (non-hydrogen) atoms. The summed E-state index contributed by atoms with van der Waals surface area (Å²) in [6.07, 6.45) is 0. The van der Waals surface area contributed by atoms with Crippen molar-refractivity contribution in [1.29, 1.82) is 0 Å². The third kappa shape index (κ3) is 3.73. The zero-order valence-electron chi connectivity index (χ0n) is 15.2. The molecule has 0 radical (unpaired) electrons. The van der Waals surface area contributed by atoms with Crippen LogP contribution in [0.15, 0.2) is 59.4 Å². The van der Waals surface area contributed by atoms with Crippen LogP contribution < -0.4 is 21.1 Å². The number of hydrogen-bond acceptors (Lipinski definition) is 4. The van der Waals surface area contributed by atoms with Crippen LogP contribution in [0.5, 0.6) is 0 Å². The first-order valence-corrected chi connectivity index (χ1v) is 9.11. The van der Waals surface area contributed by atoms with Gasteiger partial charge in [-0.05, 0) is 35.2 Å². The molecule has 0 atom stereocenters. The molecule has 7 nitrogen and oxygen atoms in total. The molecule has 4 rings (SSSR count). The van der Waals surface area contributed by atoms with Gasteiger partial charge in [-0.3, -0.25) is 14.4 Å². The number of rotatable bonds is 4. The zero-order valence-corrected chi connectivity index (χ0v) is 15.2. The van der Waals surface area contributed by atoms with Crippen LogP contribution in [0.4, 0.5) is 5.69 Å². The first kappa shape index (κ1) is 17.8. The number of aromatic amines is 1. The zero-order chi connectivity index (χ0) is 19.5. The van der Waals surface area contributed by atoms with E-state index in [2.05, 4.69) is 15.6 Å². The van der Waals surface area contributed by atoms with E-state index in [4.69, 9.17) is 0 Å². The summed E-state index contributed by atoms with van der Waals surface area (Å²) in [5.41, 5.74) is 2.27. The monoisotopic (exact) mass is 376 g/mol. The van der Waals surface area contributed by atoms with Gasteiger partial charge in [0.25, 0.3) is 11.5 Å². The Hall–Kier alpha value is -3.61. The fourth-order valence-corrected chi connectivity index (χ4v) is 3.28. The Kier molecular flexibility index (Phi) is 4.80. The molecule has 0 unspecified atom stereocenters. The van der Waals surface area contributed by atoms with Crippen molar-refractivity contribution in [3.05, 3.63) is 76.1 Å². The van der Waals surface area contributed by atoms with Gasteiger partial charge in [0.1, 0.15) is 5.56 Å². The lowest BCUT2D eigenvalue weighted by atomic mass is 10.1. The number of hydrogen-bond donors (Lipinski definition) is 3. The number of fused-ring (bicyclic) bond motifs is 1. The minimum Gasteiger partial charge on any atom is -0.360 e. The highest BCUT2D eigenvalue weighted by atomic mass is 16.2. The smallest absolute Gasteiger partial charge is 0.261 e. The lowest BCUT2D eigenvalue weighted by Gasteiger charge is -2.28. The predicted molar refractivity (Wildman–Crippen MR) is 107 cm³/mol. The number of pyridine rings is 1. The van der Waals surface area contributed by atoms with Gasteiger partial charge in [-0.2, -0.15) is 0 Å². The maximum absolute atomic E-state index is 12.4. The molecule has 1 saturated heterocycles. The second kappa shape index (κ2) is 7.56. The molecule has 1 aromatic heterocycles. The summed E-state index contributed by atoms with van der Waals surface area (Å²) in [5, 5.41) is 6.40. The number of amides is 2. The normalized spacial score (nSPS) is 14.0. The Morgan fingerprint density at radius 3 is 2.64 bits per heavy atom. The van der Waals surface area contributed by atoms with Gasteiger partial charge in [0.2, 0.25) is 5.91 Å². The van der Waals surface area contributed by atoms with E-state index >= 15 is 0 Å². The molecule has 0 aliphatic carbocycles. The minimum atomic E-state index is -0.413. The summed E-state index contributed by atoms with van der Waals surface area (Å²) in [7, 11) is 0. The highest BCUT2D eigenvalue weighted by Crippen LogP contribution is 2.16. The summed E-state index contributed by atoms with van der Waals surface area (Å²) in [6, 6.07) is 16.6. The molecule has 0 bridgehead atoms. The van der Waals surface area contributed by atoms with Crippen LogP contribution in [0.2, 0.25) is 0 Å². The summed E-state index contributed by atoms with van der Waals surface area (Å²) >= 11 is 0. The maximum Gasteiger partial charge on any atom is 0.261 e. The van der Waals surface area contributed by atoms with Gasteiger partial charge in [-0.1, -0.05) is 30.3 Å². The summed E-state index contributed by atoms with van der Waals surface area (Å²) < 4.78 is 0. The van der Waals surface area contributed by atoms with Gasteiger partial charge in [-0.25, -0.2) is 0 Å². The lowest BCUT2D eigenvalue weighted by molar-refractivity contribution is -0.120. The van der Waals surface area contributed by atoms with E-state index < -0.39 is 11.5 Å². The average Bonchev–Trinajstić information content (AvgIpc) is 2.72. The Morgan fingerprint density at radius 2 is 1.86 bits per heavy atom. The molecule has 2 heterocycles. The SMILES string of the molecule is O=C1CN(c2ccc(CNC(=O)c3cc4ccccc4[nH]c3=O)cc2)CCN1. The molecule has 2 amide bonds. The van der Waals surface area contributed by atoms with Gasteiger partial charge in [0, 0.05) is 30.8 Å². The number of nitrogens with one attached hydrogen (secondary N) is 3. The first-order chi connectivity index (χ1) is 13.6. The van der Waals surface area contributed by atoms with Gasteiger partial charge in [0.05, 0.1) is 6.54 Å². The number of piperazine rings is 1. The van der Waals surface area contributed by atoms with Crippen LogP contribution in [0.25, 0.3) is 10.9 Å². The third-order valence-electron chi connectivity index (χ3n) is 4.79. The molecular weight excluding hydrogens is 356 g/mol. The standard InChI is InChI=1S/C21H20N4O3/c26-19-13-25(10-9-22-19)16-7-5-14(6-8-16)12-23-20(27)17-11-15-3-1-2-4-18(15)24-21(17)28/h1-8,11H,9-10,12-13H2,(H,22,26)(H,23,27)(H,24,28). The molecule has 2 aromatic carbocycles. The van der Waals surface area contributed by atoms with E-state index in [1.807, 2.05) is 47.4 Å². The van der Waals surface area contributed by atoms with Crippen molar-refractivity contribution in [2.75, 3.05) is 24.5 Å². The fraction of sp³-hybridized carbons (Fsp3) is 0.190. The van der Waals surface area contributed by atoms with Crippen LogP contribution >= 0.6 is 0 Å². The summed E-state index contributed by atoms with van der Waals surface area (Å²) in [6.45, 7) is 2.07. The highest BCUT2D eigenvalue weighted by molar-refractivity contribution is 5.97. The van der Waals surface area contributed by atoms with Crippen molar-refractivity contribution in [3.63, 3.8) is 0 Å². The van der Waals surface area contributed by atoms with E-state index in [-0.39, 0.29) is 11.5 Å². The molecule has 1 fully saturated rings. The fourth-order valence-electron chi connectivity index (χ4n) is 3.28. The minimum absolute atomic E-state index is 0.0168. The molecule has 142 valence electrons. The van der Waals surface area contributed by atoms with Gasteiger partial charge in [-0.15, -0.1) is 0 Å². The van der Waals surface area contributed by atoms with E-state index in [1.54, 1.807) is 12.1 Å². The number of nitrogens with zero attached hydrogens (tertiary/aromatic N) is 1. The van der Waals surface area contributed by atoms with Crippen molar-refractivity contribution in [2.24, 2.45) is 0 Å². The largest absolute Gasteiger partial charge is 0.360 e. The van der Waals surface area contributed by atoms with Crippen molar-refractivity contribution < 1.29 is 9.59 Å². The van der Waals surface area contributed by atoms with E-state index in [9.17, 15) is 14.4 Å². The van der Waals surface area contributed by atoms with Crippen LogP contribution in [-0.2, 0) is 11.3 Å². The number of aromatic nitrogens is 1. The van der Waals surface area contributed by atoms with Gasteiger partial charge < -0.3 is 20.5 Å². The number of carbonyl (C=O) groups is 2.